The van der Waals surface area contributed by atoms with Gasteiger partial charge in [-0.05, 0) is 26.8 Å². The molecule has 1 amide bonds. The third-order valence-electron chi connectivity index (χ3n) is 3.19. The first-order valence-electron chi connectivity index (χ1n) is 7.17. The molecule has 0 atom stereocenters. The molecular formula is C14H20N6O3S. The highest BCUT2D eigenvalue weighted by molar-refractivity contribution is 7.88. The maximum atomic E-state index is 12.1. The number of nitrogens with one attached hydrogen (secondary N) is 1. The molecule has 9 nitrogen and oxygen atoms in total. The Bertz CT molecular complexity index is 854. The van der Waals surface area contributed by atoms with Crippen molar-refractivity contribution in [3.63, 3.8) is 0 Å². The van der Waals surface area contributed by atoms with E-state index in [1.165, 1.54) is 11.7 Å². The molecule has 24 heavy (non-hydrogen) atoms. The van der Waals surface area contributed by atoms with E-state index in [1.54, 1.807) is 13.0 Å². The standard InChI is InChI=1S/C14H20N6O3S/c1-9-6-10(2)16-14(15-9)20-12(7-11(3)18-20)17-13(21)8-19(4)24(5,22)23/h6-7H,8H2,1-5H3,(H,17,21). The van der Waals surface area contributed by atoms with E-state index in [0.717, 1.165) is 21.9 Å². The number of amides is 1. The number of sulfonamides is 1. The van der Waals surface area contributed by atoms with Crippen molar-refractivity contribution in [2.75, 3.05) is 25.2 Å². The first kappa shape index (κ1) is 18.0. The normalized spacial score (nSPS) is 11.8. The summed E-state index contributed by atoms with van der Waals surface area (Å²) >= 11 is 0. The molecule has 2 rings (SSSR count). The van der Waals surface area contributed by atoms with Crippen LogP contribution in [0.2, 0.25) is 0 Å². The van der Waals surface area contributed by atoms with Crippen molar-refractivity contribution in [3.8, 4) is 5.95 Å². The molecule has 0 radical (unpaired) electrons. The Morgan fingerprint density at radius 2 is 1.75 bits per heavy atom. The summed E-state index contributed by atoms with van der Waals surface area (Å²) < 4.78 is 25.2. The molecule has 130 valence electrons. The Balaban J connectivity index is 2.28. The van der Waals surface area contributed by atoms with Gasteiger partial charge in [0.05, 0.1) is 18.5 Å². The van der Waals surface area contributed by atoms with Gasteiger partial charge in [-0.1, -0.05) is 0 Å². The minimum absolute atomic E-state index is 0.295. The van der Waals surface area contributed by atoms with Gasteiger partial charge in [0.2, 0.25) is 15.9 Å². The number of likely N-dealkylation sites (N-methyl/N-ethyl adjacent to an activating group) is 1. The number of carbonyl (C=O) groups is 1. The van der Waals surface area contributed by atoms with Crippen LogP contribution >= 0.6 is 0 Å². The molecule has 0 fully saturated rings. The molecular weight excluding hydrogens is 332 g/mol. The fourth-order valence-corrected chi connectivity index (χ4v) is 2.40. The van der Waals surface area contributed by atoms with Gasteiger partial charge < -0.3 is 5.32 Å². The van der Waals surface area contributed by atoms with Crippen LogP contribution in [0.1, 0.15) is 17.1 Å². The van der Waals surface area contributed by atoms with E-state index in [0.29, 0.717) is 17.5 Å². The van der Waals surface area contributed by atoms with Gasteiger partial charge in [-0.2, -0.15) is 14.1 Å². The summed E-state index contributed by atoms with van der Waals surface area (Å²) in [6.45, 7) is 5.16. The van der Waals surface area contributed by atoms with Gasteiger partial charge in [0, 0.05) is 24.5 Å². The van der Waals surface area contributed by atoms with Crippen molar-refractivity contribution in [1.29, 1.82) is 0 Å². The van der Waals surface area contributed by atoms with Crippen molar-refractivity contribution in [1.82, 2.24) is 24.1 Å². The van der Waals surface area contributed by atoms with Crippen molar-refractivity contribution in [2.45, 2.75) is 20.8 Å². The number of aromatic nitrogens is 4. The predicted octanol–water partition coefficient (Wildman–Crippen LogP) is 0.417. The number of anilines is 1. The lowest BCUT2D eigenvalue weighted by atomic mass is 10.4. The number of nitrogens with zero attached hydrogens (tertiary/aromatic N) is 5. The number of carbonyl (C=O) groups excluding carboxylic acids is 1. The fourth-order valence-electron chi connectivity index (χ4n) is 2.04. The maximum Gasteiger partial charge on any atom is 0.252 e. The molecule has 0 aliphatic rings. The van der Waals surface area contributed by atoms with Gasteiger partial charge in [-0.3, -0.25) is 4.79 Å². The fraction of sp³-hybridized carbons (Fsp3) is 0.429. The van der Waals surface area contributed by atoms with Crippen LogP contribution in [0.15, 0.2) is 12.1 Å². The Labute approximate surface area is 140 Å². The lowest BCUT2D eigenvalue weighted by Crippen LogP contribution is -2.34. The zero-order chi connectivity index (χ0) is 18.1. The predicted molar refractivity (Wildman–Crippen MR) is 89.5 cm³/mol. The van der Waals surface area contributed by atoms with Crippen LogP contribution in [-0.4, -0.2) is 58.2 Å². The molecule has 0 aromatic carbocycles. The van der Waals surface area contributed by atoms with Crippen LogP contribution < -0.4 is 5.32 Å². The van der Waals surface area contributed by atoms with Gasteiger partial charge in [0.1, 0.15) is 5.82 Å². The summed E-state index contributed by atoms with van der Waals surface area (Å²) in [6.07, 6.45) is 1.04. The first-order valence-corrected chi connectivity index (χ1v) is 9.01. The maximum absolute atomic E-state index is 12.1. The highest BCUT2D eigenvalue weighted by Crippen LogP contribution is 2.15. The first-order chi connectivity index (χ1) is 11.1. The van der Waals surface area contributed by atoms with E-state index in [9.17, 15) is 13.2 Å². The molecule has 2 heterocycles. The molecule has 0 unspecified atom stereocenters. The van der Waals surface area contributed by atoms with Crippen LogP contribution in [0.25, 0.3) is 5.95 Å². The monoisotopic (exact) mass is 352 g/mol. The second-order valence-electron chi connectivity index (χ2n) is 5.60. The van der Waals surface area contributed by atoms with E-state index >= 15 is 0 Å². The molecule has 0 bridgehead atoms. The van der Waals surface area contributed by atoms with E-state index in [-0.39, 0.29) is 6.54 Å². The third-order valence-corrected chi connectivity index (χ3v) is 4.45. The lowest BCUT2D eigenvalue weighted by Gasteiger charge is -2.14. The molecule has 2 aromatic heterocycles. The average molecular weight is 352 g/mol. The Morgan fingerprint density at radius 1 is 1.17 bits per heavy atom. The van der Waals surface area contributed by atoms with Gasteiger partial charge >= 0.3 is 0 Å². The number of aryl methyl sites for hydroxylation is 3. The minimum atomic E-state index is -3.43. The molecule has 10 heteroatoms. The highest BCUT2D eigenvalue weighted by atomic mass is 32.2. The lowest BCUT2D eigenvalue weighted by molar-refractivity contribution is -0.116. The Hall–Kier alpha value is -2.33. The number of rotatable bonds is 5. The second kappa shape index (κ2) is 6.65. The van der Waals surface area contributed by atoms with Crippen molar-refractivity contribution < 1.29 is 13.2 Å². The molecule has 1 N–H and O–H groups in total. The van der Waals surface area contributed by atoms with E-state index in [2.05, 4.69) is 20.4 Å². The van der Waals surface area contributed by atoms with Gasteiger partial charge in [0.25, 0.3) is 5.95 Å². The van der Waals surface area contributed by atoms with Gasteiger partial charge in [0.15, 0.2) is 0 Å². The zero-order valence-corrected chi connectivity index (χ0v) is 15.0. The Kier molecular flexibility index (Phi) is 4.99. The third kappa shape index (κ3) is 4.36. The highest BCUT2D eigenvalue weighted by Gasteiger charge is 2.18. The van der Waals surface area contributed by atoms with Crippen molar-refractivity contribution in [2.24, 2.45) is 0 Å². The molecule has 0 saturated heterocycles. The van der Waals surface area contributed by atoms with Crippen molar-refractivity contribution in [3.05, 3.63) is 29.2 Å². The van der Waals surface area contributed by atoms with E-state index in [1.807, 2.05) is 19.9 Å². The molecule has 0 saturated carbocycles. The van der Waals surface area contributed by atoms with Crippen LogP contribution in [0.4, 0.5) is 5.82 Å². The molecule has 0 aliphatic heterocycles. The van der Waals surface area contributed by atoms with Crippen LogP contribution in [0.3, 0.4) is 0 Å². The topological polar surface area (TPSA) is 110 Å². The minimum Gasteiger partial charge on any atom is -0.309 e. The van der Waals surface area contributed by atoms with Crippen LogP contribution in [0.5, 0.6) is 0 Å². The Morgan fingerprint density at radius 3 is 2.29 bits per heavy atom. The molecule has 0 spiro atoms. The van der Waals surface area contributed by atoms with Gasteiger partial charge in [-0.15, -0.1) is 0 Å². The molecule has 2 aromatic rings. The summed E-state index contributed by atoms with van der Waals surface area (Å²) in [5.41, 5.74) is 2.23. The number of hydrogen-bond acceptors (Lipinski definition) is 6. The summed E-state index contributed by atoms with van der Waals surface area (Å²) in [5.74, 6) is 0.241. The van der Waals surface area contributed by atoms with E-state index < -0.39 is 15.9 Å². The second-order valence-corrected chi connectivity index (χ2v) is 7.69. The van der Waals surface area contributed by atoms with E-state index in [4.69, 9.17) is 0 Å². The number of hydrogen-bond donors (Lipinski definition) is 1. The summed E-state index contributed by atoms with van der Waals surface area (Å²) in [7, 11) is -2.10. The summed E-state index contributed by atoms with van der Waals surface area (Å²) in [6, 6.07) is 3.50. The summed E-state index contributed by atoms with van der Waals surface area (Å²) in [5, 5.41) is 6.94. The molecule has 0 aliphatic carbocycles. The summed E-state index contributed by atoms with van der Waals surface area (Å²) in [4.78, 5) is 20.7. The zero-order valence-electron chi connectivity index (χ0n) is 14.2. The van der Waals surface area contributed by atoms with Crippen molar-refractivity contribution >= 4 is 21.7 Å². The SMILES string of the molecule is Cc1cc(C)nc(-n2nc(C)cc2NC(=O)CN(C)S(C)(=O)=O)n1. The quantitative estimate of drug-likeness (QED) is 0.835. The average Bonchev–Trinajstić information content (AvgIpc) is 2.77. The smallest absolute Gasteiger partial charge is 0.252 e. The largest absolute Gasteiger partial charge is 0.309 e. The van der Waals surface area contributed by atoms with Gasteiger partial charge in [-0.25, -0.2) is 18.4 Å². The van der Waals surface area contributed by atoms with Crippen LogP contribution in [-0.2, 0) is 14.8 Å². The van der Waals surface area contributed by atoms with Crippen LogP contribution in [0, 0.1) is 20.8 Å².